The monoisotopic (exact) mass is 234 g/mol. The SMILES string of the molecule is CC(CCN)NCC1COc2ccccc2C1. The maximum Gasteiger partial charge on any atom is 0.122 e. The highest BCUT2D eigenvalue weighted by Crippen LogP contribution is 2.26. The van der Waals surface area contributed by atoms with Gasteiger partial charge in [-0.1, -0.05) is 18.2 Å². The molecular formula is C14H22N2O. The Kier molecular flexibility index (Phi) is 4.40. The lowest BCUT2D eigenvalue weighted by Gasteiger charge is -2.26. The van der Waals surface area contributed by atoms with Crippen molar-refractivity contribution in [2.45, 2.75) is 25.8 Å². The molecule has 0 amide bonds. The Hall–Kier alpha value is -1.06. The van der Waals surface area contributed by atoms with E-state index in [-0.39, 0.29) is 0 Å². The van der Waals surface area contributed by atoms with E-state index in [4.69, 9.17) is 10.5 Å². The Morgan fingerprint density at radius 1 is 1.47 bits per heavy atom. The Morgan fingerprint density at radius 2 is 2.29 bits per heavy atom. The molecule has 0 fully saturated rings. The fraction of sp³-hybridized carbons (Fsp3) is 0.571. The fourth-order valence-electron chi connectivity index (χ4n) is 2.24. The molecule has 0 spiro atoms. The molecular weight excluding hydrogens is 212 g/mol. The number of nitrogens with two attached hydrogens (primary N) is 1. The minimum absolute atomic E-state index is 0.497. The van der Waals surface area contributed by atoms with E-state index in [9.17, 15) is 0 Å². The van der Waals surface area contributed by atoms with E-state index in [0.29, 0.717) is 12.0 Å². The molecule has 0 aromatic heterocycles. The van der Waals surface area contributed by atoms with Gasteiger partial charge in [-0.3, -0.25) is 0 Å². The van der Waals surface area contributed by atoms with Gasteiger partial charge in [0.15, 0.2) is 0 Å². The Balaban J connectivity index is 1.82. The van der Waals surface area contributed by atoms with Crippen LogP contribution >= 0.6 is 0 Å². The first-order valence-electron chi connectivity index (χ1n) is 6.43. The summed E-state index contributed by atoms with van der Waals surface area (Å²) in [4.78, 5) is 0. The van der Waals surface area contributed by atoms with Gasteiger partial charge in [0.25, 0.3) is 0 Å². The summed E-state index contributed by atoms with van der Waals surface area (Å²) in [6, 6.07) is 8.81. The van der Waals surface area contributed by atoms with Crippen molar-refractivity contribution in [3.05, 3.63) is 29.8 Å². The summed E-state index contributed by atoms with van der Waals surface area (Å²) < 4.78 is 5.76. The first kappa shape index (κ1) is 12.4. The second-order valence-corrected chi connectivity index (χ2v) is 4.88. The zero-order chi connectivity index (χ0) is 12.1. The van der Waals surface area contributed by atoms with E-state index in [1.807, 2.05) is 6.07 Å². The highest BCUT2D eigenvalue weighted by molar-refractivity contribution is 5.35. The van der Waals surface area contributed by atoms with E-state index in [2.05, 4.69) is 30.4 Å². The molecule has 2 unspecified atom stereocenters. The smallest absolute Gasteiger partial charge is 0.122 e. The summed E-state index contributed by atoms with van der Waals surface area (Å²) in [6.07, 6.45) is 2.14. The predicted molar refractivity (Wildman–Crippen MR) is 70.3 cm³/mol. The number of benzene rings is 1. The third-order valence-electron chi connectivity index (χ3n) is 3.31. The maximum atomic E-state index is 5.76. The molecule has 1 heterocycles. The summed E-state index contributed by atoms with van der Waals surface area (Å²) in [5, 5.41) is 3.52. The topological polar surface area (TPSA) is 47.3 Å². The van der Waals surface area contributed by atoms with Crippen molar-refractivity contribution in [1.29, 1.82) is 0 Å². The molecule has 1 aliphatic rings. The standard InChI is InChI=1S/C14H22N2O/c1-11(6-7-15)16-9-12-8-13-4-2-3-5-14(13)17-10-12/h2-5,11-12,16H,6-10,15H2,1H3. The van der Waals surface area contributed by atoms with Crippen LogP contribution in [0.25, 0.3) is 0 Å². The van der Waals surface area contributed by atoms with Gasteiger partial charge < -0.3 is 15.8 Å². The minimum atomic E-state index is 0.497. The van der Waals surface area contributed by atoms with Gasteiger partial charge in [0.05, 0.1) is 6.61 Å². The van der Waals surface area contributed by atoms with Gasteiger partial charge in [0.1, 0.15) is 5.75 Å². The van der Waals surface area contributed by atoms with E-state index in [1.54, 1.807) is 0 Å². The lowest BCUT2D eigenvalue weighted by molar-refractivity contribution is 0.214. The molecule has 0 saturated carbocycles. The fourth-order valence-corrected chi connectivity index (χ4v) is 2.24. The highest BCUT2D eigenvalue weighted by atomic mass is 16.5. The first-order valence-corrected chi connectivity index (χ1v) is 6.43. The molecule has 2 atom stereocenters. The predicted octanol–water partition coefficient (Wildman–Crippen LogP) is 1.56. The van der Waals surface area contributed by atoms with Crippen molar-refractivity contribution in [3.63, 3.8) is 0 Å². The number of ether oxygens (including phenoxy) is 1. The lowest BCUT2D eigenvalue weighted by atomic mass is 9.96. The van der Waals surface area contributed by atoms with Gasteiger partial charge in [-0.2, -0.15) is 0 Å². The largest absolute Gasteiger partial charge is 0.493 e. The molecule has 3 heteroatoms. The summed E-state index contributed by atoms with van der Waals surface area (Å²) in [5.74, 6) is 1.63. The van der Waals surface area contributed by atoms with Crippen LogP contribution in [0.15, 0.2) is 24.3 Å². The summed E-state index contributed by atoms with van der Waals surface area (Å²) in [6.45, 7) is 4.76. The Labute approximate surface area is 103 Å². The molecule has 0 radical (unpaired) electrons. The Morgan fingerprint density at radius 3 is 3.12 bits per heavy atom. The van der Waals surface area contributed by atoms with Gasteiger partial charge in [0, 0.05) is 18.5 Å². The number of fused-ring (bicyclic) bond motifs is 1. The van der Waals surface area contributed by atoms with Gasteiger partial charge in [-0.15, -0.1) is 0 Å². The molecule has 2 rings (SSSR count). The normalized spacial score (nSPS) is 20.5. The quantitative estimate of drug-likeness (QED) is 0.813. The number of rotatable bonds is 5. The van der Waals surface area contributed by atoms with Crippen LogP contribution < -0.4 is 15.8 Å². The minimum Gasteiger partial charge on any atom is -0.493 e. The van der Waals surface area contributed by atoms with Crippen molar-refractivity contribution in [3.8, 4) is 5.75 Å². The molecule has 0 saturated heterocycles. The molecule has 3 N–H and O–H groups in total. The third kappa shape index (κ3) is 3.45. The highest BCUT2D eigenvalue weighted by Gasteiger charge is 2.19. The van der Waals surface area contributed by atoms with Crippen LogP contribution in [-0.2, 0) is 6.42 Å². The molecule has 0 bridgehead atoms. The van der Waals surface area contributed by atoms with Crippen LogP contribution in [0.1, 0.15) is 18.9 Å². The summed E-state index contributed by atoms with van der Waals surface area (Å²) in [5.41, 5.74) is 6.87. The third-order valence-corrected chi connectivity index (χ3v) is 3.31. The second kappa shape index (κ2) is 6.03. The van der Waals surface area contributed by atoms with Crippen LogP contribution in [0.5, 0.6) is 5.75 Å². The van der Waals surface area contributed by atoms with Crippen molar-refractivity contribution in [2.75, 3.05) is 19.7 Å². The molecule has 1 aromatic rings. The van der Waals surface area contributed by atoms with Crippen molar-refractivity contribution >= 4 is 0 Å². The average molecular weight is 234 g/mol. The molecule has 0 aliphatic carbocycles. The molecule has 17 heavy (non-hydrogen) atoms. The number of hydrogen-bond acceptors (Lipinski definition) is 3. The molecule has 1 aromatic carbocycles. The van der Waals surface area contributed by atoms with E-state index in [1.165, 1.54) is 5.56 Å². The van der Waals surface area contributed by atoms with Crippen LogP contribution in [0.4, 0.5) is 0 Å². The van der Waals surface area contributed by atoms with Crippen LogP contribution in [0, 0.1) is 5.92 Å². The van der Waals surface area contributed by atoms with E-state index in [0.717, 1.165) is 38.3 Å². The summed E-state index contributed by atoms with van der Waals surface area (Å²) in [7, 11) is 0. The van der Waals surface area contributed by atoms with E-state index >= 15 is 0 Å². The van der Waals surface area contributed by atoms with Gasteiger partial charge in [0.2, 0.25) is 0 Å². The first-order chi connectivity index (χ1) is 8.29. The number of para-hydroxylation sites is 1. The zero-order valence-electron chi connectivity index (χ0n) is 10.5. The second-order valence-electron chi connectivity index (χ2n) is 4.88. The summed E-state index contributed by atoms with van der Waals surface area (Å²) >= 11 is 0. The Bertz CT molecular complexity index is 354. The van der Waals surface area contributed by atoms with Crippen molar-refractivity contribution in [2.24, 2.45) is 11.7 Å². The van der Waals surface area contributed by atoms with Crippen LogP contribution in [0.3, 0.4) is 0 Å². The molecule has 3 nitrogen and oxygen atoms in total. The van der Waals surface area contributed by atoms with Crippen LogP contribution in [0.2, 0.25) is 0 Å². The van der Waals surface area contributed by atoms with Crippen LogP contribution in [-0.4, -0.2) is 25.7 Å². The van der Waals surface area contributed by atoms with Gasteiger partial charge in [-0.25, -0.2) is 0 Å². The molecule has 1 aliphatic heterocycles. The zero-order valence-corrected chi connectivity index (χ0v) is 10.5. The van der Waals surface area contributed by atoms with Gasteiger partial charge >= 0.3 is 0 Å². The van der Waals surface area contributed by atoms with Crippen molar-refractivity contribution < 1.29 is 4.74 Å². The number of hydrogen-bond donors (Lipinski definition) is 2. The van der Waals surface area contributed by atoms with Crippen molar-refractivity contribution in [1.82, 2.24) is 5.32 Å². The van der Waals surface area contributed by atoms with Gasteiger partial charge in [-0.05, 0) is 37.9 Å². The average Bonchev–Trinajstić information content (AvgIpc) is 2.36. The number of nitrogens with one attached hydrogen (secondary N) is 1. The lowest BCUT2D eigenvalue weighted by Crippen LogP contribution is -2.36. The molecule has 94 valence electrons. The maximum absolute atomic E-state index is 5.76. The van der Waals surface area contributed by atoms with E-state index < -0.39 is 0 Å².